The first-order chi connectivity index (χ1) is 9.53. The molecule has 20 heavy (non-hydrogen) atoms. The minimum Gasteiger partial charge on any atom is -0.274 e. The molecular weight excluding hydrogens is 290 g/mol. The molecule has 0 aromatic heterocycles. The topological polar surface area (TPSA) is 37.4 Å². The Hall–Kier alpha value is -0.940. The standard InChI is InChI=1S/C15H17NO2S2/c1-10(15(2)19-7-8-20-15)9-16-13(17)11-5-3-4-6-12(11)14(16)18/h3-6,10H,7-9H2,1-2H3/t10-/m1/s1. The maximum Gasteiger partial charge on any atom is 0.261 e. The second-order valence-electron chi connectivity index (χ2n) is 5.38. The zero-order valence-corrected chi connectivity index (χ0v) is 13.2. The van der Waals surface area contributed by atoms with Crippen LogP contribution in [0.2, 0.25) is 0 Å². The Labute approximate surface area is 127 Å². The van der Waals surface area contributed by atoms with E-state index >= 15 is 0 Å². The maximum absolute atomic E-state index is 12.4. The number of carbonyl (C=O) groups excluding carboxylic acids is 2. The summed E-state index contributed by atoms with van der Waals surface area (Å²) < 4.78 is 0.106. The first kappa shape index (κ1) is 14.0. The Bertz CT molecular complexity index is 532. The minimum absolute atomic E-state index is 0.106. The van der Waals surface area contributed by atoms with Crippen molar-refractivity contribution >= 4 is 35.3 Å². The predicted molar refractivity (Wildman–Crippen MR) is 84.3 cm³/mol. The molecule has 0 bridgehead atoms. The molecule has 0 saturated carbocycles. The van der Waals surface area contributed by atoms with Gasteiger partial charge in [-0.2, -0.15) is 0 Å². The van der Waals surface area contributed by atoms with Crippen molar-refractivity contribution < 1.29 is 9.59 Å². The fraction of sp³-hybridized carbons (Fsp3) is 0.467. The minimum atomic E-state index is -0.144. The Kier molecular flexibility index (Phi) is 3.58. The van der Waals surface area contributed by atoms with Gasteiger partial charge in [0, 0.05) is 18.1 Å². The summed E-state index contributed by atoms with van der Waals surface area (Å²) in [5.74, 6) is 2.28. The molecule has 3 nitrogen and oxygen atoms in total. The number of nitrogens with zero attached hydrogens (tertiary/aromatic N) is 1. The quantitative estimate of drug-likeness (QED) is 0.804. The number of hydrogen-bond donors (Lipinski definition) is 0. The predicted octanol–water partition coefficient (Wildman–Crippen LogP) is 3.11. The maximum atomic E-state index is 12.4. The fourth-order valence-corrected chi connectivity index (χ4v) is 5.69. The van der Waals surface area contributed by atoms with Crippen molar-refractivity contribution in [2.75, 3.05) is 18.1 Å². The van der Waals surface area contributed by atoms with E-state index in [1.165, 1.54) is 4.90 Å². The molecule has 1 aromatic rings. The highest BCUT2D eigenvalue weighted by Gasteiger charge is 2.41. The smallest absolute Gasteiger partial charge is 0.261 e. The summed E-state index contributed by atoms with van der Waals surface area (Å²) in [5, 5.41) is 0. The van der Waals surface area contributed by atoms with Crippen molar-refractivity contribution in [2.24, 2.45) is 5.92 Å². The number of amides is 2. The van der Waals surface area contributed by atoms with Crippen molar-refractivity contribution in [3.05, 3.63) is 35.4 Å². The van der Waals surface area contributed by atoms with E-state index in [0.29, 0.717) is 17.7 Å². The Morgan fingerprint density at radius 2 is 1.65 bits per heavy atom. The van der Waals surface area contributed by atoms with Gasteiger partial charge in [0.05, 0.1) is 15.2 Å². The third-order valence-electron chi connectivity index (χ3n) is 4.09. The Balaban J connectivity index is 1.80. The van der Waals surface area contributed by atoms with E-state index in [1.54, 1.807) is 24.3 Å². The number of thioether (sulfide) groups is 2. The van der Waals surface area contributed by atoms with Gasteiger partial charge < -0.3 is 0 Å². The van der Waals surface area contributed by atoms with E-state index in [1.807, 2.05) is 23.5 Å². The molecule has 3 rings (SSSR count). The van der Waals surface area contributed by atoms with Crippen LogP contribution in [0.5, 0.6) is 0 Å². The van der Waals surface area contributed by atoms with Crippen molar-refractivity contribution in [1.82, 2.24) is 4.90 Å². The van der Waals surface area contributed by atoms with Crippen LogP contribution in [0.4, 0.5) is 0 Å². The van der Waals surface area contributed by atoms with E-state index in [9.17, 15) is 9.59 Å². The molecule has 2 aliphatic heterocycles. The van der Waals surface area contributed by atoms with Crippen LogP contribution in [0.1, 0.15) is 34.6 Å². The Morgan fingerprint density at radius 1 is 1.15 bits per heavy atom. The van der Waals surface area contributed by atoms with Crippen LogP contribution < -0.4 is 0 Å². The van der Waals surface area contributed by atoms with Gasteiger partial charge in [0.2, 0.25) is 0 Å². The SMILES string of the molecule is C[C@H](CN1C(=O)c2ccccc2C1=O)C1(C)SCCS1. The summed E-state index contributed by atoms with van der Waals surface area (Å²) >= 11 is 3.87. The van der Waals surface area contributed by atoms with Gasteiger partial charge in [0.15, 0.2) is 0 Å². The van der Waals surface area contributed by atoms with Crippen LogP contribution in [0.25, 0.3) is 0 Å². The van der Waals surface area contributed by atoms with Gasteiger partial charge in [0.25, 0.3) is 11.8 Å². The molecule has 0 spiro atoms. The lowest BCUT2D eigenvalue weighted by Crippen LogP contribution is -2.39. The number of fused-ring (bicyclic) bond motifs is 1. The molecule has 0 N–H and O–H groups in total. The first-order valence-electron chi connectivity index (χ1n) is 6.76. The van der Waals surface area contributed by atoms with Gasteiger partial charge in [-0.05, 0) is 25.0 Å². The number of carbonyl (C=O) groups is 2. The second kappa shape index (κ2) is 5.11. The lowest BCUT2D eigenvalue weighted by Gasteiger charge is -2.31. The van der Waals surface area contributed by atoms with E-state index in [4.69, 9.17) is 0 Å². The average Bonchev–Trinajstić information content (AvgIpc) is 2.99. The fourth-order valence-electron chi connectivity index (χ4n) is 2.66. The zero-order chi connectivity index (χ0) is 14.3. The molecule has 0 radical (unpaired) electrons. The van der Waals surface area contributed by atoms with Gasteiger partial charge in [-0.15, -0.1) is 23.5 Å². The molecule has 2 amide bonds. The van der Waals surface area contributed by atoms with E-state index < -0.39 is 0 Å². The summed E-state index contributed by atoms with van der Waals surface area (Å²) in [6.07, 6.45) is 0. The lowest BCUT2D eigenvalue weighted by molar-refractivity contribution is 0.0631. The van der Waals surface area contributed by atoms with Crippen molar-refractivity contribution in [1.29, 1.82) is 0 Å². The molecule has 1 aromatic carbocycles. The molecular formula is C15H17NO2S2. The summed E-state index contributed by atoms with van der Waals surface area (Å²) in [5.41, 5.74) is 1.09. The van der Waals surface area contributed by atoms with Crippen molar-refractivity contribution in [3.8, 4) is 0 Å². The average molecular weight is 307 g/mol. The van der Waals surface area contributed by atoms with Gasteiger partial charge in [-0.1, -0.05) is 19.1 Å². The van der Waals surface area contributed by atoms with Crippen LogP contribution in [0.3, 0.4) is 0 Å². The van der Waals surface area contributed by atoms with E-state index in [0.717, 1.165) is 11.5 Å². The highest BCUT2D eigenvalue weighted by molar-refractivity contribution is 8.21. The van der Waals surface area contributed by atoms with Gasteiger partial charge >= 0.3 is 0 Å². The largest absolute Gasteiger partial charge is 0.274 e. The molecule has 2 aliphatic rings. The normalized spacial score (nSPS) is 22.2. The summed E-state index contributed by atoms with van der Waals surface area (Å²) in [7, 11) is 0. The summed E-state index contributed by atoms with van der Waals surface area (Å²) in [4.78, 5) is 26.1. The third kappa shape index (κ3) is 2.17. The number of imide groups is 1. The third-order valence-corrected chi connectivity index (χ3v) is 7.82. The molecule has 0 aliphatic carbocycles. The molecule has 2 heterocycles. The number of hydrogen-bond acceptors (Lipinski definition) is 4. The molecule has 106 valence electrons. The van der Waals surface area contributed by atoms with Crippen LogP contribution in [-0.4, -0.2) is 38.8 Å². The number of rotatable bonds is 3. The second-order valence-corrected chi connectivity index (χ2v) is 8.73. The van der Waals surface area contributed by atoms with Gasteiger partial charge in [-0.3, -0.25) is 14.5 Å². The summed E-state index contributed by atoms with van der Waals surface area (Å²) in [6, 6.07) is 7.09. The van der Waals surface area contributed by atoms with Crippen molar-refractivity contribution in [2.45, 2.75) is 17.9 Å². The van der Waals surface area contributed by atoms with E-state index in [2.05, 4.69) is 13.8 Å². The van der Waals surface area contributed by atoms with Crippen LogP contribution in [0, 0.1) is 5.92 Å². The highest BCUT2D eigenvalue weighted by atomic mass is 32.2. The lowest BCUT2D eigenvalue weighted by atomic mass is 10.1. The highest BCUT2D eigenvalue weighted by Crippen LogP contribution is 2.49. The van der Waals surface area contributed by atoms with Crippen molar-refractivity contribution in [3.63, 3.8) is 0 Å². The first-order valence-corrected chi connectivity index (χ1v) is 8.73. The molecule has 1 saturated heterocycles. The zero-order valence-electron chi connectivity index (χ0n) is 11.6. The Morgan fingerprint density at radius 3 is 2.15 bits per heavy atom. The molecule has 0 unspecified atom stereocenters. The molecule has 1 fully saturated rings. The van der Waals surface area contributed by atoms with Gasteiger partial charge in [0.1, 0.15) is 0 Å². The van der Waals surface area contributed by atoms with Gasteiger partial charge in [-0.25, -0.2) is 0 Å². The number of benzene rings is 1. The monoisotopic (exact) mass is 307 g/mol. The van der Waals surface area contributed by atoms with Crippen LogP contribution in [0.15, 0.2) is 24.3 Å². The summed E-state index contributed by atoms with van der Waals surface area (Å²) in [6.45, 7) is 4.86. The molecule has 1 atom stereocenters. The van der Waals surface area contributed by atoms with Crippen LogP contribution >= 0.6 is 23.5 Å². The van der Waals surface area contributed by atoms with Crippen LogP contribution in [-0.2, 0) is 0 Å². The molecule has 5 heteroatoms. The van der Waals surface area contributed by atoms with E-state index in [-0.39, 0.29) is 21.8 Å².